The number of ether oxygens (including phenoxy) is 4. The third kappa shape index (κ3) is 6.27. The standard InChI is InChI=1S/C22H25ClN2O7/c1-12-6-7-15(10-16(12)23)25-19(26)11-32-22(28)13(2)24-21(27)14-8-17(29-3)20(31-5)18(9-14)30-4/h6-10,13H,11H2,1-5H3,(H,24,27)(H,25,26)/t13-/m1/s1. The zero-order chi connectivity index (χ0) is 23.8. The third-order valence-electron chi connectivity index (χ3n) is 4.43. The number of nitrogens with one attached hydrogen (secondary N) is 2. The molecule has 0 spiro atoms. The lowest BCUT2D eigenvalue weighted by Crippen LogP contribution is -2.40. The van der Waals surface area contributed by atoms with Crippen LogP contribution in [0.5, 0.6) is 17.2 Å². The van der Waals surface area contributed by atoms with Crippen molar-refractivity contribution in [2.24, 2.45) is 0 Å². The van der Waals surface area contributed by atoms with Crippen LogP contribution in [0.15, 0.2) is 30.3 Å². The molecule has 2 N–H and O–H groups in total. The van der Waals surface area contributed by atoms with E-state index in [9.17, 15) is 14.4 Å². The number of amides is 2. The smallest absolute Gasteiger partial charge is 0.328 e. The summed E-state index contributed by atoms with van der Waals surface area (Å²) >= 11 is 6.02. The highest BCUT2D eigenvalue weighted by atomic mass is 35.5. The summed E-state index contributed by atoms with van der Waals surface area (Å²) in [4.78, 5) is 36.8. The quantitative estimate of drug-likeness (QED) is 0.548. The van der Waals surface area contributed by atoms with Crippen LogP contribution in [-0.4, -0.2) is 51.8 Å². The first kappa shape index (κ1) is 24.8. The van der Waals surface area contributed by atoms with Crippen molar-refractivity contribution >= 4 is 35.1 Å². The van der Waals surface area contributed by atoms with Crippen molar-refractivity contribution in [3.8, 4) is 17.2 Å². The number of hydrogen-bond acceptors (Lipinski definition) is 7. The molecule has 0 saturated heterocycles. The zero-order valence-corrected chi connectivity index (χ0v) is 19.2. The molecule has 0 unspecified atom stereocenters. The van der Waals surface area contributed by atoms with E-state index < -0.39 is 30.4 Å². The molecule has 2 aromatic rings. The van der Waals surface area contributed by atoms with Gasteiger partial charge in [0.15, 0.2) is 18.1 Å². The SMILES string of the molecule is COc1cc(C(=O)N[C@H](C)C(=O)OCC(=O)Nc2ccc(C)c(Cl)c2)cc(OC)c1OC. The Hall–Kier alpha value is -3.46. The van der Waals surface area contributed by atoms with Crippen LogP contribution in [-0.2, 0) is 14.3 Å². The van der Waals surface area contributed by atoms with Gasteiger partial charge in [-0.25, -0.2) is 4.79 Å². The van der Waals surface area contributed by atoms with Gasteiger partial charge in [0.25, 0.3) is 11.8 Å². The van der Waals surface area contributed by atoms with Gasteiger partial charge in [0.05, 0.1) is 21.3 Å². The average Bonchev–Trinajstić information content (AvgIpc) is 2.78. The monoisotopic (exact) mass is 464 g/mol. The highest BCUT2D eigenvalue weighted by molar-refractivity contribution is 6.31. The van der Waals surface area contributed by atoms with Gasteiger partial charge in [-0.3, -0.25) is 9.59 Å². The highest BCUT2D eigenvalue weighted by Gasteiger charge is 2.22. The number of rotatable bonds is 9. The minimum absolute atomic E-state index is 0.188. The van der Waals surface area contributed by atoms with Crippen molar-refractivity contribution in [2.45, 2.75) is 19.9 Å². The minimum Gasteiger partial charge on any atom is -0.493 e. The van der Waals surface area contributed by atoms with Gasteiger partial charge in [0.1, 0.15) is 6.04 Å². The second-order valence-electron chi connectivity index (χ2n) is 6.73. The molecule has 0 radical (unpaired) electrons. The lowest BCUT2D eigenvalue weighted by molar-refractivity contribution is -0.148. The van der Waals surface area contributed by atoms with Crippen LogP contribution in [0, 0.1) is 6.92 Å². The molecule has 0 aromatic heterocycles. The molecular formula is C22H25ClN2O7. The molecular weight excluding hydrogens is 440 g/mol. The molecule has 2 rings (SSSR count). The number of carbonyl (C=O) groups excluding carboxylic acids is 3. The molecule has 0 saturated carbocycles. The fourth-order valence-corrected chi connectivity index (χ4v) is 2.86. The lowest BCUT2D eigenvalue weighted by Gasteiger charge is -2.16. The predicted molar refractivity (Wildman–Crippen MR) is 119 cm³/mol. The van der Waals surface area contributed by atoms with E-state index in [-0.39, 0.29) is 5.56 Å². The van der Waals surface area contributed by atoms with E-state index in [0.717, 1.165) is 5.56 Å². The van der Waals surface area contributed by atoms with Gasteiger partial charge in [0, 0.05) is 16.3 Å². The number of carbonyl (C=O) groups is 3. The van der Waals surface area contributed by atoms with Gasteiger partial charge in [-0.1, -0.05) is 17.7 Å². The molecule has 1 atom stereocenters. The van der Waals surface area contributed by atoms with E-state index in [1.165, 1.54) is 40.4 Å². The number of anilines is 1. The van der Waals surface area contributed by atoms with Gasteiger partial charge in [-0.05, 0) is 43.7 Å². The maximum Gasteiger partial charge on any atom is 0.328 e. The Morgan fingerprint density at radius 2 is 1.62 bits per heavy atom. The largest absolute Gasteiger partial charge is 0.493 e. The second-order valence-corrected chi connectivity index (χ2v) is 7.14. The van der Waals surface area contributed by atoms with E-state index in [1.807, 2.05) is 6.92 Å². The molecule has 9 nitrogen and oxygen atoms in total. The Morgan fingerprint density at radius 3 is 2.16 bits per heavy atom. The summed E-state index contributed by atoms with van der Waals surface area (Å²) in [6.07, 6.45) is 0. The molecule has 172 valence electrons. The predicted octanol–water partition coefficient (Wildman–Crippen LogP) is 2.97. The lowest BCUT2D eigenvalue weighted by atomic mass is 10.1. The molecule has 0 heterocycles. The number of hydrogen-bond donors (Lipinski definition) is 2. The third-order valence-corrected chi connectivity index (χ3v) is 4.84. The number of halogens is 1. The summed E-state index contributed by atoms with van der Waals surface area (Å²) < 4.78 is 20.6. The molecule has 0 bridgehead atoms. The molecule has 10 heteroatoms. The molecule has 2 amide bonds. The van der Waals surface area contributed by atoms with Crippen molar-refractivity contribution in [1.82, 2.24) is 5.32 Å². The zero-order valence-electron chi connectivity index (χ0n) is 18.4. The molecule has 0 aliphatic heterocycles. The normalized spacial score (nSPS) is 11.2. The van der Waals surface area contributed by atoms with Crippen LogP contribution in [0.25, 0.3) is 0 Å². The van der Waals surface area contributed by atoms with Crippen molar-refractivity contribution in [2.75, 3.05) is 33.3 Å². The van der Waals surface area contributed by atoms with Gasteiger partial charge >= 0.3 is 5.97 Å². The fraction of sp³-hybridized carbons (Fsp3) is 0.318. The number of methoxy groups -OCH3 is 3. The summed E-state index contributed by atoms with van der Waals surface area (Å²) in [6, 6.07) is 6.93. The van der Waals surface area contributed by atoms with Crippen LogP contribution < -0.4 is 24.8 Å². The van der Waals surface area contributed by atoms with Crippen LogP contribution in [0.1, 0.15) is 22.8 Å². The summed E-state index contributed by atoms with van der Waals surface area (Å²) in [5.41, 5.74) is 1.53. The first-order valence-corrected chi connectivity index (χ1v) is 9.91. The summed E-state index contributed by atoms with van der Waals surface area (Å²) in [7, 11) is 4.30. The maximum atomic E-state index is 12.6. The Kier molecular flexibility index (Phi) is 8.71. The number of benzene rings is 2. The molecule has 2 aromatic carbocycles. The van der Waals surface area contributed by atoms with Crippen molar-refractivity contribution in [3.63, 3.8) is 0 Å². The first-order chi connectivity index (χ1) is 15.2. The fourth-order valence-electron chi connectivity index (χ4n) is 2.68. The topological polar surface area (TPSA) is 112 Å². The molecule has 0 fully saturated rings. The van der Waals surface area contributed by atoms with Gasteiger partial charge < -0.3 is 29.6 Å². The Balaban J connectivity index is 1.94. The Bertz CT molecular complexity index is 985. The highest BCUT2D eigenvalue weighted by Crippen LogP contribution is 2.38. The van der Waals surface area contributed by atoms with Crippen molar-refractivity contribution in [3.05, 3.63) is 46.5 Å². The van der Waals surface area contributed by atoms with Crippen LogP contribution in [0.4, 0.5) is 5.69 Å². The van der Waals surface area contributed by atoms with Gasteiger partial charge in [-0.2, -0.15) is 0 Å². The summed E-state index contributed by atoms with van der Waals surface area (Å²) in [5, 5.41) is 5.59. The first-order valence-electron chi connectivity index (χ1n) is 9.53. The Morgan fingerprint density at radius 1 is 1.00 bits per heavy atom. The summed E-state index contributed by atoms with van der Waals surface area (Å²) in [6.45, 7) is 2.76. The van der Waals surface area contributed by atoms with Crippen molar-refractivity contribution < 1.29 is 33.3 Å². The minimum atomic E-state index is -1.01. The molecule has 0 aliphatic rings. The maximum absolute atomic E-state index is 12.6. The van der Waals surface area contributed by atoms with Crippen molar-refractivity contribution in [1.29, 1.82) is 0 Å². The molecule has 32 heavy (non-hydrogen) atoms. The molecule has 0 aliphatic carbocycles. The average molecular weight is 465 g/mol. The van der Waals surface area contributed by atoms with Crippen LogP contribution in [0.2, 0.25) is 5.02 Å². The van der Waals surface area contributed by atoms with E-state index in [1.54, 1.807) is 18.2 Å². The van der Waals surface area contributed by atoms with Crippen LogP contribution >= 0.6 is 11.6 Å². The van der Waals surface area contributed by atoms with E-state index in [4.69, 9.17) is 30.5 Å². The van der Waals surface area contributed by atoms with Gasteiger partial charge in [-0.15, -0.1) is 0 Å². The number of esters is 1. The van der Waals surface area contributed by atoms with E-state index >= 15 is 0 Å². The number of aryl methyl sites for hydroxylation is 1. The summed E-state index contributed by atoms with van der Waals surface area (Å²) in [5.74, 6) is -0.961. The van der Waals surface area contributed by atoms with E-state index in [0.29, 0.717) is 28.0 Å². The van der Waals surface area contributed by atoms with Crippen LogP contribution in [0.3, 0.4) is 0 Å². The van der Waals surface area contributed by atoms with Gasteiger partial charge in [0.2, 0.25) is 5.75 Å². The van der Waals surface area contributed by atoms with E-state index in [2.05, 4.69) is 10.6 Å². The Labute approximate surface area is 190 Å². The second kappa shape index (κ2) is 11.2.